The molecule has 0 unspecified atom stereocenters. The summed E-state index contributed by atoms with van der Waals surface area (Å²) in [5.74, 6) is 1.27. The Kier molecular flexibility index (Phi) is 8.37. The van der Waals surface area contributed by atoms with Crippen LogP contribution in [0.3, 0.4) is 0 Å². The van der Waals surface area contributed by atoms with E-state index in [-0.39, 0.29) is 0 Å². The van der Waals surface area contributed by atoms with E-state index in [1.807, 2.05) is 60.8 Å². The summed E-state index contributed by atoms with van der Waals surface area (Å²) < 4.78 is 6.52. The van der Waals surface area contributed by atoms with Crippen molar-refractivity contribution in [2.45, 2.75) is 0 Å². The maximum atomic E-state index is 6.52. The van der Waals surface area contributed by atoms with Gasteiger partial charge in [0.05, 0.1) is 16.8 Å². The van der Waals surface area contributed by atoms with Crippen molar-refractivity contribution >= 4 is 33.0 Å². The van der Waals surface area contributed by atoms with Gasteiger partial charge in [0.1, 0.15) is 11.2 Å². The third-order valence-corrected chi connectivity index (χ3v) is 10.8. The lowest BCUT2D eigenvalue weighted by molar-refractivity contribution is 0.653. The Morgan fingerprint density at radius 2 is 0.915 bits per heavy atom. The second kappa shape index (κ2) is 14.4. The van der Waals surface area contributed by atoms with Gasteiger partial charge in [-0.1, -0.05) is 170 Å². The number of furan rings is 1. The molecule has 0 saturated heterocycles. The van der Waals surface area contributed by atoms with Crippen LogP contribution in [0.5, 0.6) is 0 Å². The first kappa shape index (κ1) is 34.2. The van der Waals surface area contributed by atoms with E-state index in [4.69, 9.17) is 29.3 Å². The fraction of sp³-hybridized carbons (Fsp3) is 0. The minimum Gasteiger partial charge on any atom is -0.434 e. The highest BCUT2D eigenvalue weighted by molar-refractivity contribution is 6.07. The first-order chi connectivity index (χ1) is 29.2. The molecule has 7 aromatic carbocycles. The summed E-state index contributed by atoms with van der Waals surface area (Å²) in [4.78, 5) is 25.3. The molecule has 0 N–H and O–H groups in total. The molecular formula is C53H33N5O. The monoisotopic (exact) mass is 755 g/mol. The molecule has 0 aliphatic heterocycles. The standard InChI is InChI=1S/C53H33N5O/c1-4-13-34(14-5-1)41-21-12-22-42(29-41)47-32-46(55-51(56-47)39-18-8-3-9-19-39)37-24-26-38(27-25-37)48-50-49(45-31-44(33-54-53(45)59-50)35-15-6-2-7-16-35)58-52(57-48)43-28-23-36-17-10-11-20-40(36)30-43/h1-33H. The van der Waals surface area contributed by atoms with Crippen LogP contribution in [0.15, 0.2) is 205 Å². The number of benzene rings is 7. The molecule has 0 aliphatic carbocycles. The van der Waals surface area contributed by atoms with Gasteiger partial charge in [-0.25, -0.2) is 24.9 Å². The van der Waals surface area contributed by atoms with Crippen LogP contribution in [0.2, 0.25) is 0 Å². The Balaban J connectivity index is 1.05. The molecule has 276 valence electrons. The molecule has 4 heterocycles. The van der Waals surface area contributed by atoms with Gasteiger partial charge < -0.3 is 4.42 Å². The van der Waals surface area contributed by atoms with Crippen molar-refractivity contribution in [2.75, 3.05) is 0 Å². The van der Waals surface area contributed by atoms with Crippen LogP contribution >= 0.6 is 0 Å². The minimum atomic E-state index is 0.515. The van der Waals surface area contributed by atoms with Crippen molar-refractivity contribution in [3.8, 4) is 78.8 Å². The Morgan fingerprint density at radius 3 is 1.66 bits per heavy atom. The maximum Gasteiger partial charge on any atom is 0.229 e. The number of pyridine rings is 1. The van der Waals surface area contributed by atoms with Crippen LogP contribution in [0.1, 0.15) is 0 Å². The number of fused-ring (bicyclic) bond motifs is 4. The largest absolute Gasteiger partial charge is 0.434 e. The molecule has 0 spiro atoms. The minimum absolute atomic E-state index is 0.515. The zero-order valence-electron chi connectivity index (χ0n) is 31.7. The quantitative estimate of drug-likeness (QED) is 0.161. The number of rotatable bonds is 7. The van der Waals surface area contributed by atoms with Crippen molar-refractivity contribution in [1.29, 1.82) is 0 Å². The normalized spacial score (nSPS) is 11.4. The third-order valence-electron chi connectivity index (χ3n) is 10.8. The third kappa shape index (κ3) is 6.49. The van der Waals surface area contributed by atoms with Crippen LogP contribution in [0.25, 0.3) is 112 Å². The summed E-state index contributed by atoms with van der Waals surface area (Å²) in [7, 11) is 0. The van der Waals surface area contributed by atoms with Gasteiger partial charge in [-0.15, -0.1) is 0 Å². The van der Waals surface area contributed by atoms with Crippen LogP contribution in [0.4, 0.5) is 0 Å². The van der Waals surface area contributed by atoms with Crippen LogP contribution < -0.4 is 0 Å². The molecule has 0 saturated carbocycles. The summed E-state index contributed by atoms with van der Waals surface area (Å²) >= 11 is 0. The van der Waals surface area contributed by atoms with Gasteiger partial charge in [0, 0.05) is 39.6 Å². The fourth-order valence-electron chi connectivity index (χ4n) is 7.72. The molecule has 59 heavy (non-hydrogen) atoms. The van der Waals surface area contributed by atoms with Gasteiger partial charge in [0.2, 0.25) is 5.71 Å². The van der Waals surface area contributed by atoms with E-state index in [9.17, 15) is 0 Å². The van der Waals surface area contributed by atoms with Crippen molar-refractivity contribution in [3.05, 3.63) is 200 Å². The molecule has 4 aromatic heterocycles. The maximum absolute atomic E-state index is 6.52. The molecule has 11 rings (SSSR count). The summed E-state index contributed by atoms with van der Waals surface area (Å²) in [6.45, 7) is 0. The van der Waals surface area contributed by atoms with E-state index in [1.54, 1.807) is 0 Å². The van der Waals surface area contributed by atoms with Gasteiger partial charge in [-0.05, 0) is 51.7 Å². The van der Waals surface area contributed by atoms with Crippen molar-refractivity contribution in [3.63, 3.8) is 0 Å². The van der Waals surface area contributed by atoms with E-state index < -0.39 is 0 Å². The predicted octanol–water partition coefficient (Wildman–Crippen LogP) is 13.4. The molecule has 0 radical (unpaired) electrons. The second-order valence-electron chi connectivity index (χ2n) is 14.5. The first-order valence-corrected chi connectivity index (χ1v) is 19.6. The Hall–Kier alpha value is -8.09. The summed E-state index contributed by atoms with van der Waals surface area (Å²) in [6.07, 6.45) is 1.85. The molecule has 6 heteroatoms. The Labute approximate surface area is 340 Å². The molecule has 0 aliphatic rings. The van der Waals surface area contributed by atoms with Gasteiger partial charge >= 0.3 is 0 Å². The van der Waals surface area contributed by atoms with Crippen LogP contribution in [-0.4, -0.2) is 24.9 Å². The van der Waals surface area contributed by atoms with Crippen LogP contribution in [0, 0.1) is 0 Å². The number of aromatic nitrogens is 5. The lowest BCUT2D eigenvalue weighted by atomic mass is 10.00. The highest BCUT2D eigenvalue weighted by atomic mass is 16.3. The lowest BCUT2D eigenvalue weighted by Crippen LogP contribution is -1.96. The zero-order valence-corrected chi connectivity index (χ0v) is 31.7. The van der Waals surface area contributed by atoms with Gasteiger partial charge in [0.25, 0.3) is 0 Å². The first-order valence-electron chi connectivity index (χ1n) is 19.6. The second-order valence-corrected chi connectivity index (χ2v) is 14.5. The molecule has 0 fully saturated rings. The highest BCUT2D eigenvalue weighted by Gasteiger charge is 2.20. The average Bonchev–Trinajstić information content (AvgIpc) is 3.70. The lowest BCUT2D eigenvalue weighted by Gasteiger charge is -2.11. The van der Waals surface area contributed by atoms with Gasteiger partial charge in [-0.3, -0.25) is 0 Å². The molecule has 0 atom stereocenters. The average molecular weight is 756 g/mol. The molecule has 0 bridgehead atoms. The Bertz CT molecular complexity index is 3310. The fourth-order valence-corrected chi connectivity index (χ4v) is 7.72. The van der Waals surface area contributed by atoms with Gasteiger partial charge in [0.15, 0.2) is 17.2 Å². The summed E-state index contributed by atoms with van der Waals surface area (Å²) in [6, 6.07) is 66.5. The number of nitrogens with zero attached hydrogens (tertiary/aromatic N) is 5. The topological polar surface area (TPSA) is 77.6 Å². The SMILES string of the molecule is c1ccc(-c2cccc(-c3cc(-c4ccc(-c5nc(-c6ccc7ccccc7c6)nc6c5oc5ncc(-c7ccccc7)cc56)cc4)nc(-c4ccccc4)n3)c2)cc1. The number of hydrogen-bond donors (Lipinski definition) is 0. The summed E-state index contributed by atoms with van der Waals surface area (Å²) in [5.41, 5.74) is 13.2. The van der Waals surface area contributed by atoms with E-state index in [1.165, 1.54) is 0 Å². The molecule has 11 aromatic rings. The molecule has 6 nitrogen and oxygen atoms in total. The predicted molar refractivity (Wildman–Crippen MR) is 238 cm³/mol. The van der Waals surface area contributed by atoms with E-state index in [2.05, 4.69) is 140 Å². The molecule has 0 amide bonds. The van der Waals surface area contributed by atoms with Crippen molar-refractivity contribution in [1.82, 2.24) is 24.9 Å². The smallest absolute Gasteiger partial charge is 0.229 e. The van der Waals surface area contributed by atoms with Crippen molar-refractivity contribution in [2.24, 2.45) is 0 Å². The van der Waals surface area contributed by atoms with Crippen LogP contribution in [-0.2, 0) is 0 Å². The van der Waals surface area contributed by atoms with E-state index >= 15 is 0 Å². The highest BCUT2D eigenvalue weighted by Crippen LogP contribution is 2.38. The molecular weight excluding hydrogens is 723 g/mol. The Morgan fingerprint density at radius 1 is 0.339 bits per heavy atom. The van der Waals surface area contributed by atoms with E-state index in [0.717, 1.165) is 77.6 Å². The summed E-state index contributed by atoms with van der Waals surface area (Å²) in [5, 5.41) is 3.11. The van der Waals surface area contributed by atoms with Crippen molar-refractivity contribution < 1.29 is 4.42 Å². The van der Waals surface area contributed by atoms with Gasteiger partial charge in [-0.2, -0.15) is 0 Å². The number of hydrogen-bond acceptors (Lipinski definition) is 6. The zero-order chi connectivity index (χ0) is 39.1. The van der Waals surface area contributed by atoms with E-state index in [0.29, 0.717) is 34.2 Å².